The highest BCUT2D eigenvalue weighted by atomic mass is 32.2. The first-order chi connectivity index (χ1) is 6.09. The molecule has 0 aliphatic heterocycles. The van der Waals surface area contributed by atoms with Gasteiger partial charge in [0.2, 0.25) is 0 Å². The zero-order valence-electron chi connectivity index (χ0n) is 6.71. The van der Waals surface area contributed by atoms with E-state index in [9.17, 15) is 8.42 Å². The lowest BCUT2D eigenvalue weighted by atomic mass is 10.1. The zero-order valence-corrected chi connectivity index (χ0v) is 7.53. The third-order valence-corrected chi connectivity index (χ3v) is 3.13. The molecular weight excluding hydrogens is 188 g/mol. The molecule has 0 saturated heterocycles. The second kappa shape index (κ2) is 2.68. The molecule has 0 fully saturated rings. The normalized spacial score (nSPS) is 20.2. The molecule has 13 heavy (non-hydrogen) atoms. The Morgan fingerprint density at radius 2 is 1.92 bits per heavy atom. The summed E-state index contributed by atoms with van der Waals surface area (Å²) in [6, 6.07) is 7.10. The zero-order chi connectivity index (χ0) is 9.47. The quantitative estimate of drug-likeness (QED) is 0.695. The topological polar surface area (TPSA) is 54.4 Å². The summed E-state index contributed by atoms with van der Waals surface area (Å²) in [6.45, 7) is 0. The van der Waals surface area contributed by atoms with E-state index in [1.54, 1.807) is 18.2 Å². The lowest BCUT2D eigenvalue weighted by molar-refractivity contribution is 0.477. The summed E-state index contributed by atoms with van der Waals surface area (Å²) in [5.41, 5.74) is 1.50. The van der Waals surface area contributed by atoms with Gasteiger partial charge in [-0.3, -0.25) is 4.55 Å². The van der Waals surface area contributed by atoms with Crippen molar-refractivity contribution < 1.29 is 13.0 Å². The van der Waals surface area contributed by atoms with E-state index in [0.717, 1.165) is 5.56 Å². The van der Waals surface area contributed by atoms with Crippen LogP contribution in [0, 0.1) is 0 Å². The Labute approximate surface area is 76.5 Å². The van der Waals surface area contributed by atoms with Gasteiger partial charge >= 0.3 is 0 Å². The summed E-state index contributed by atoms with van der Waals surface area (Å²) >= 11 is 0. The van der Waals surface area contributed by atoms with E-state index in [2.05, 4.69) is 0 Å². The molecule has 0 spiro atoms. The van der Waals surface area contributed by atoms with Gasteiger partial charge in [-0.1, -0.05) is 36.4 Å². The second-order valence-corrected chi connectivity index (χ2v) is 4.46. The van der Waals surface area contributed by atoms with Crippen molar-refractivity contribution in [2.75, 3.05) is 0 Å². The maximum atomic E-state index is 10.9. The van der Waals surface area contributed by atoms with Crippen LogP contribution in [0.2, 0.25) is 0 Å². The minimum Gasteiger partial charge on any atom is -0.285 e. The highest BCUT2D eigenvalue weighted by Gasteiger charge is 2.27. The number of benzene rings is 1. The number of hydrogen-bond acceptors (Lipinski definition) is 2. The molecule has 4 heteroatoms. The SMILES string of the molecule is O=S(=O)(O)C1C=Cc2ccccc21. The molecule has 0 saturated carbocycles. The summed E-state index contributed by atoms with van der Waals surface area (Å²) in [4.78, 5) is 0. The Kier molecular flexibility index (Phi) is 1.75. The molecule has 0 bridgehead atoms. The fraction of sp³-hybridized carbons (Fsp3) is 0.111. The van der Waals surface area contributed by atoms with Crippen LogP contribution in [0.15, 0.2) is 30.3 Å². The Morgan fingerprint density at radius 3 is 2.62 bits per heavy atom. The van der Waals surface area contributed by atoms with Crippen LogP contribution in [0.5, 0.6) is 0 Å². The average Bonchev–Trinajstić information content (AvgIpc) is 2.45. The molecule has 0 aromatic heterocycles. The van der Waals surface area contributed by atoms with Gasteiger partial charge in [0.15, 0.2) is 0 Å². The Bertz CT molecular complexity index is 460. The highest BCUT2D eigenvalue weighted by molar-refractivity contribution is 7.86. The summed E-state index contributed by atoms with van der Waals surface area (Å²) in [5, 5.41) is -0.885. The van der Waals surface area contributed by atoms with Crippen molar-refractivity contribution in [1.82, 2.24) is 0 Å². The Hall–Kier alpha value is -1.13. The van der Waals surface area contributed by atoms with E-state index in [1.165, 1.54) is 6.08 Å². The molecular formula is C9H8O3S. The van der Waals surface area contributed by atoms with Crippen LogP contribution in [0.4, 0.5) is 0 Å². The van der Waals surface area contributed by atoms with Gasteiger partial charge in [-0.15, -0.1) is 0 Å². The monoisotopic (exact) mass is 196 g/mol. The van der Waals surface area contributed by atoms with Gasteiger partial charge < -0.3 is 0 Å². The van der Waals surface area contributed by atoms with Gasteiger partial charge in [-0.25, -0.2) is 0 Å². The minimum atomic E-state index is -4.00. The van der Waals surface area contributed by atoms with Crippen LogP contribution in [-0.2, 0) is 10.1 Å². The first-order valence-electron chi connectivity index (χ1n) is 3.82. The van der Waals surface area contributed by atoms with Crippen LogP contribution in [0.3, 0.4) is 0 Å². The molecule has 0 heterocycles. The smallest absolute Gasteiger partial charge is 0.275 e. The molecule has 1 aliphatic carbocycles. The van der Waals surface area contributed by atoms with Crippen LogP contribution in [0.1, 0.15) is 16.4 Å². The van der Waals surface area contributed by atoms with Crippen molar-refractivity contribution in [2.45, 2.75) is 5.25 Å². The maximum Gasteiger partial charge on any atom is 0.275 e. The van der Waals surface area contributed by atoms with Gasteiger partial charge in [0.1, 0.15) is 5.25 Å². The van der Waals surface area contributed by atoms with E-state index < -0.39 is 15.4 Å². The van der Waals surface area contributed by atoms with E-state index in [1.807, 2.05) is 12.1 Å². The van der Waals surface area contributed by atoms with Crippen molar-refractivity contribution in [1.29, 1.82) is 0 Å². The lowest BCUT2D eigenvalue weighted by Crippen LogP contribution is -2.07. The Balaban J connectivity index is 2.57. The molecule has 1 aliphatic rings. The predicted octanol–water partition coefficient (Wildman–Crippen LogP) is 1.64. The Morgan fingerprint density at radius 1 is 1.23 bits per heavy atom. The fourth-order valence-electron chi connectivity index (χ4n) is 1.48. The highest BCUT2D eigenvalue weighted by Crippen LogP contribution is 2.32. The van der Waals surface area contributed by atoms with Gasteiger partial charge in [0.25, 0.3) is 10.1 Å². The third-order valence-electron chi connectivity index (χ3n) is 2.07. The van der Waals surface area contributed by atoms with Crippen molar-refractivity contribution in [3.8, 4) is 0 Å². The molecule has 2 rings (SSSR count). The summed E-state index contributed by atoms with van der Waals surface area (Å²) < 4.78 is 30.7. The molecule has 3 nitrogen and oxygen atoms in total. The summed E-state index contributed by atoms with van der Waals surface area (Å²) in [7, 11) is -4.00. The molecule has 0 radical (unpaired) electrons. The minimum absolute atomic E-state index is 0.644. The van der Waals surface area contributed by atoms with Crippen LogP contribution in [0.25, 0.3) is 6.08 Å². The predicted molar refractivity (Wildman–Crippen MR) is 49.8 cm³/mol. The van der Waals surface area contributed by atoms with Crippen molar-refractivity contribution in [3.05, 3.63) is 41.5 Å². The van der Waals surface area contributed by atoms with E-state index in [4.69, 9.17) is 4.55 Å². The molecule has 1 unspecified atom stereocenters. The van der Waals surface area contributed by atoms with Crippen LogP contribution < -0.4 is 0 Å². The lowest BCUT2D eigenvalue weighted by Gasteiger charge is -2.06. The first kappa shape index (κ1) is 8.47. The fourth-order valence-corrected chi connectivity index (χ4v) is 2.29. The molecule has 1 aromatic rings. The third kappa shape index (κ3) is 1.38. The van der Waals surface area contributed by atoms with Crippen LogP contribution in [-0.4, -0.2) is 13.0 Å². The van der Waals surface area contributed by atoms with Crippen molar-refractivity contribution in [2.24, 2.45) is 0 Å². The molecule has 0 amide bonds. The van der Waals surface area contributed by atoms with Crippen molar-refractivity contribution >= 4 is 16.2 Å². The number of rotatable bonds is 1. The molecule has 1 atom stereocenters. The van der Waals surface area contributed by atoms with Gasteiger partial charge in [0, 0.05) is 0 Å². The average molecular weight is 196 g/mol. The van der Waals surface area contributed by atoms with E-state index in [0.29, 0.717) is 5.56 Å². The summed E-state index contributed by atoms with van der Waals surface area (Å²) in [5.74, 6) is 0. The number of fused-ring (bicyclic) bond motifs is 1. The molecule has 1 aromatic carbocycles. The first-order valence-corrected chi connectivity index (χ1v) is 5.33. The molecule has 1 N–H and O–H groups in total. The van der Waals surface area contributed by atoms with E-state index in [-0.39, 0.29) is 0 Å². The van der Waals surface area contributed by atoms with Crippen LogP contribution >= 0.6 is 0 Å². The van der Waals surface area contributed by atoms with E-state index >= 15 is 0 Å². The number of hydrogen-bond donors (Lipinski definition) is 1. The largest absolute Gasteiger partial charge is 0.285 e. The van der Waals surface area contributed by atoms with Gasteiger partial charge in [0.05, 0.1) is 0 Å². The second-order valence-electron chi connectivity index (χ2n) is 2.92. The molecule has 68 valence electrons. The van der Waals surface area contributed by atoms with Crippen molar-refractivity contribution in [3.63, 3.8) is 0 Å². The maximum absolute atomic E-state index is 10.9. The summed E-state index contributed by atoms with van der Waals surface area (Å²) in [6.07, 6.45) is 3.19. The van der Waals surface area contributed by atoms with Gasteiger partial charge in [-0.2, -0.15) is 8.42 Å². The standard InChI is InChI=1S/C9H8O3S/c10-13(11,12)9-6-5-7-3-1-2-4-8(7)9/h1-6,9H,(H,10,11,12). The van der Waals surface area contributed by atoms with Gasteiger partial charge in [-0.05, 0) is 11.1 Å².